The van der Waals surface area contributed by atoms with E-state index in [1.165, 1.54) is 0 Å². The molecule has 2 aliphatic rings. The zero-order chi connectivity index (χ0) is 21.0. The van der Waals surface area contributed by atoms with Gasteiger partial charge in [0.1, 0.15) is 0 Å². The van der Waals surface area contributed by atoms with Crippen molar-refractivity contribution in [1.29, 1.82) is 0 Å². The molecule has 1 unspecified atom stereocenters. The van der Waals surface area contributed by atoms with Crippen molar-refractivity contribution in [3.63, 3.8) is 0 Å². The Kier molecular flexibility index (Phi) is 6.16. The predicted octanol–water partition coefficient (Wildman–Crippen LogP) is 2.82. The van der Waals surface area contributed by atoms with Gasteiger partial charge in [-0.05, 0) is 55.5 Å². The van der Waals surface area contributed by atoms with E-state index in [0.717, 1.165) is 36.2 Å². The molecular formula is C24H29N3O3. The number of hydrogen-bond donors (Lipinski definition) is 2. The predicted molar refractivity (Wildman–Crippen MR) is 116 cm³/mol. The van der Waals surface area contributed by atoms with E-state index in [2.05, 4.69) is 10.2 Å². The summed E-state index contributed by atoms with van der Waals surface area (Å²) in [6, 6.07) is 17.6. The first-order valence-corrected chi connectivity index (χ1v) is 10.7. The molecule has 2 aromatic rings. The first-order valence-electron chi connectivity index (χ1n) is 10.7. The minimum Gasteiger partial charge on any atom is -0.381 e. The summed E-state index contributed by atoms with van der Waals surface area (Å²) < 4.78 is 5.55. The van der Waals surface area contributed by atoms with Crippen LogP contribution in [0, 0.1) is 0 Å². The third-order valence-corrected chi connectivity index (χ3v) is 6.37. The summed E-state index contributed by atoms with van der Waals surface area (Å²) in [6.45, 7) is 2.66. The lowest BCUT2D eigenvalue weighted by atomic mass is 9.73. The number of anilines is 1. The standard InChI is InChI=1S/C24H29N3O3/c25-22(28)21-10-5-13-27(21)17-18-6-4-9-20(16-18)26-23(29)24(11-14-30-15-12-24)19-7-2-1-3-8-19/h1-4,6-9,16,21H,5,10-15,17H2,(H2,25,28)(H,26,29). The van der Waals surface area contributed by atoms with Crippen LogP contribution in [0.3, 0.4) is 0 Å². The van der Waals surface area contributed by atoms with Gasteiger partial charge in [-0.15, -0.1) is 0 Å². The molecule has 30 heavy (non-hydrogen) atoms. The molecule has 6 heteroatoms. The van der Waals surface area contributed by atoms with Gasteiger partial charge in [0.15, 0.2) is 0 Å². The van der Waals surface area contributed by atoms with Crippen LogP contribution in [-0.2, 0) is 26.3 Å². The molecule has 2 heterocycles. The molecule has 0 radical (unpaired) electrons. The van der Waals surface area contributed by atoms with E-state index in [9.17, 15) is 9.59 Å². The quantitative estimate of drug-likeness (QED) is 0.771. The van der Waals surface area contributed by atoms with E-state index in [0.29, 0.717) is 32.6 Å². The number of likely N-dealkylation sites (tertiary alicyclic amines) is 1. The maximum Gasteiger partial charge on any atom is 0.235 e. The molecule has 2 aromatic carbocycles. The van der Waals surface area contributed by atoms with Crippen LogP contribution in [0.4, 0.5) is 5.69 Å². The number of carbonyl (C=O) groups excluding carboxylic acids is 2. The van der Waals surface area contributed by atoms with Crippen LogP contribution in [0.2, 0.25) is 0 Å². The molecule has 2 fully saturated rings. The number of ether oxygens (including phenoxy) is 1. The molecule has 4 rings (SSSR count). The lowest BCUT2D eigenvalue weighted by molar-refractivity contribution is -0.125. The van der Waals surface area contributed by atoms with Gasteiger partial charge < -0.3 is 15.8 Å². The minimum atomic E-state index is -0.582. The monoisotopic (exact) mass is 407 g/mol. The summed E-state index contributed by atoms with van der Waals surface area (Å²) in [5.41, 5.74) is 7.82. The lowest BCUT2D eigenvalue weighted by Crippen LogP contribution is -2.44. The van der Waals surface area contributed by atoms with Crippen molar-refractivity contribution in [2.75, 3.05) is 25.1 Å². The van der Waals surface area contributed by atoms with Crippen LogP contribution in [-0.4, -0.2) is 42.5 Å². The van der Waals surface area contributed by atoms with Crippen LogP contribution >= 0.6 is 0 Å². The highest BCUT2D eigenvalue weighted by molar-refractivity contribution is 5.99. The van der Waals surface area contributed by atoms with E-state index in [-0.39, 0.29) is 17.9 Å². The van der Waals surface area contributed by atoms with Crippen LogP contribution in [0.1, 0.15) is 36.8 Å². The summed E-state index contributed by atoms with van der Waals surface area (Å²) in [5, 5.41) is 3.15. The van der Waals surface area contributed by atoms with Crippen molar-refractivity contribution in [2.45, 2.75) is 43.7 Å². The lowest BCUT2D eigenvalue weighted by Gasteiger charge is -2.36. The number of rotatable bonds is 6. The summed E-state index contributed by atoms with van der Waals surface area (Å²) in [7, 11) is 0. The van der Waals surface area contributed by atoms with Gasteiger partial charge in [0.2, 0.25) is 11.8 Å². The van der Waals surface area contributed by atoms with E-state index < -0.39 is 5.41 Å². The number of benzene rings is 2. The van der Waals surface area contributed by atoms with Crippen LogP contribution in [0.5, 0.6) is 0 Å². The number of amides is 2. The van der Waals surface area contributed by atoms with Gasteiger partial charge in [-0.25, -0.2) is 0 Å². The zero-order valence-electron chi connectivity index (χ0n) is 17.2. The second-order valence-corrected chi connectivity index (χ2v) is 8.25. The van der Waals surface area contributed by atoms with Gasteiger partial charge >= 0.3 is 0 Å². The molecule has 1 atom stereocenters. The molecule has 2 saturated heterocycles. The molecule has 0 aromatic heterocycles. The Balaban J connectivity index is 1.51. The Hall–Kier alpha value is -2.70. The highest BCUT2D eigenvalue weighted by Crippen LogP contribution is 2.36. The third-order valence-electron chi connectivity index (χ3n) is 6.37. The molecule has 0 saturated carbocycles. The number of hydrogen-bond acceptors (Lipinski definition) is 4. The van der Waals surface area contributed by atoms with Gasteiger partial charge in [0, 0.05) is 25.4 Å². The molecule has 6 nitrogen and oxygen atoms in total. The van der Waals surface area contributed by atoms with Gasteiger partial charge in [-0.1, -0.05) is 42.5 Å². The van der Waals surface area contributed by atoms with Gasteiger partial charge in [0.05, 0.1) is 11.5 Å². The topological polar surface area (TPSA) is 84.7 Å². The zero-order valence-corrected chi connectivity index (χ0v) is 17.2. The van der Waals surface area contributed by atoms with Crippen LogP contribution in [0.15, 0.2) is 54.6 Å². The molecule has 0 spiro atoms. The van der Waals surface area contributed by atoms with Crippen LogP contribution < -0.4 is 11.1 Å². The number of primary amides is 1. The maximum atomic E-state index is 13.4. The van der Waals surface area contributed by atoms with E-state index in [4.69, 9.17) is 10.5 Å². The Morgan fingerprint density at radius 3 is 2.60 bits per heavy atom. The van der Waals surface area contributed by atoms with E-state index in [1.807, 2.05) is 54.6 Å². The summed E-state index contributed by atoms with van der Waals surface area (Å²) >= 11 is 0. The van der Waals surface area contributed by atoms with E-state index >= 15 is 0 Å². The fourth-order valence-corrected chi connectivity index (χ4v) is 4.69. The molecule has 0 aliphatic carbocycles. The minimum absolute atomic E-state index is 0.00494. The fraction of sp³-hybridized carbons (Fsp3) is 0.417. The largest absolute Gasteiger partial charge is 0.381 e. The van der Waals surface area contributed by atoms with Gasteiger partial charge in [-0.2, -0.15) is 0 Å². The highest BCUT2D eigenvalue weighted by Gasteiger charge is 2.41. The van der Waals surface area contributed by atoms with Crippen molar-refractivity contribution in [3.8, 4) is 0 Å². The fourth-order valence-electron chi connectivity index (χ4n) is 4.69. The Morgan fingerprint density at radius 2 is 1.87 bits per heavy atom. The average Bonchev–Trinajstić information content (AvgIpc) is 3.23. The van der Waals surface area contributed by atoms with Gasteiger partial charge in [-0.3, -0.25) is 14.5 Å². The Labute approximate surface area is 177 Å². The van der Waals surface area contributed by atoms with Crippen molar-refractivity contribution < 1.29 is 14.3 Å². The molecule has 2 amide bonds. The average molecular weight is 408 g/mol. The molecule has 3 N–H and O–H groups in total. The normalized spacial score (nSPS) is 21.3. The second-order valence-electron chi connectivity index (χ2n) is 8.25. The number of nitrogens with zero attached hydrogens (tertiary/aromatic N) is 1. The third kappa shape index (κ3) is 4.25. The smallest absolute Gasteiger partial charge is 0.235 e. The molecular weight excluding hydrogens is 378 g/mol. The number of nitrogens with two attached hydrogens (primary N) is 1. The summed E-state index contributed by atoms with van der Waals surface area (Å²) in [5.74, 6) is -0.258. The number of carbonyl (C=O) groups is 2. The highest BCUT2D eigenvalue weighted by atomic mass is 16.5. The van der Waals surface area contributed by atoms with E-state index in [1.54, 1.807) is 0 Å². The Bertz CT molecular complexity index is 894. The molecule has 2 aliphatic heterocycles. The van der Waals surface area contributed by atoms with Crippen molar-refractivity contribution in [3.05, 3.63) is 65.7 Å². The molecule has 0 bridgehead atoms. The van der Waals surface area contributed by atoms with Crippen LogP contribution in [0.25, 0.3) is 0 Å². The van der Waals surface area contributed by atoms with Gasteiger partial charge in [0.25, 0.3) is 0 Å². The van der Waals surface area contributed by atoms with Crippen molar-refractivity contribution in [2.24, 2.45) is 5.73 Å². The second kappa shape index (κ2) is 8.98. The van der Waals surface area contributed by atoms with Crippen molar-refractivity contribution in [1.82, 2.24) is 4.90 Å². The summed E-state index contributed by atoms with van der Waals surface area (Å²) in [6.07, 6.45) is 3.12. The number of nitrogens with one attached hydrogen (secondary N) is 1. The Morgan fingerprint density at radius 1 is 1.10 bits per heavy atom. The van der Waals surface area contributed by atoms with Crippen molar-refractivity contribution >= 4 is 17.5 Å². The first kappa shape index (κ1) is 20.6. The summed E-state index contributed by atoms with van der Waals surface area (Å²) in [4.78, 5) is 27.2. The molecule has 158 valence electrons. The SMILES string of the molecule is NC(=O)C1CCCN1Cc1cccc(NC(=O)C2(c3ccccc3)CCOCC2)c1. The maximum absolute atomic E-state index is 13.4. The first-order chi connectivity index (χ1) is 14.6.